The molecule has 1 rings (SSSR count). The smallest absolute Gasteiger partial charge is 0.481 e. The molecule has 5 atom stereocenters. The van der Waals surface area contributed by atoms with E-state index in [9.17, 15) is 19.5 Å². The number of cyclic esters (lactones) is 2. The van der Waals surface area contributed by atoms with Gasteiger partial charge >= 0.3 is 18.1 Å². The summed E-state index contributed by atoms with van der Waals surface area (Å²) in [5.41, 5.74) is -1.26. The number of ether oxygens (including phenoxy) is 6. The van der Waals surface area contributed by atoms with Crippen molar-refractivity contribution < 1.29 is 47.9 Å². The molecule has 0 bridgehead atoms. The van der Waals surface area contributed by atoms with Gasteiger partial charge in [-0.2, -0.15) is 0 Å². The van der Waals surface area contributed by atoms with Gasteiger partial charge in [0.2, 0.25) is 0 Å². The van der Waals surface area contributed by atoms with Crippen molar-refractivity contribution in [3.63, 3.8) is 0 Å². The highest BCUT2D eigenvalue weighted by Crippen LogP contribution is 2.36. The van der Waals surface area contributed by atoms with Gasteiger partial charge in [0.25, 0.3) is 0 Å². The van der Waals surface area contributed by atoms with Crippen molar-refractivity contribution in [2.24, 2.45) is 11.8 Å². The number of aliphatic carboxylic acids is 1. The van der Waals surface area contributed by atoms with E-state index in [0.29, 0.717) is 6.61 Å². The number of hydrogen-bond donors (Lipinski definition) is 1. The second kappa shape index (κ2) is 10.4. The Bertz CT molecular complexity index is 522. The zero-order chi connectivity index (χ0) is 20.6. The lowest BCUT2D eigenvalue weighted by atomic mass is 9.82. The molecule has 0 unspecified atom stereocenters. The molecule has 10 nitrogen and oxygen atoms in total. The van der Waals surface area contributed by atoms with Gasteiger partial charge in [0.05, 0.1) is 25.2 Å². The molecule has 1 aliphatic heterocycles. The Hall–Kier alpha value is -1.91. The fourth-order valence-electron chi connectivity index (χ4n) is 2.91. The second-order valence-corrected chi connectivity index (χ2v) is 6.62. The van der Waals surface area contributed by atoms with E-state index in [-0.39, 0.29) is 20.0 Å². The Kier molecular flexibility index (Phi) is 8.94. The maximum Gasteiger partial charge on any atom is 0.509 e. The van der Waals surface area contributed by atoms with Gasteiger partial charge in [-0.1, -0.05) is 6.92 Å². The molecule has 1 heterocycles. The summed E-state index contributed by atoms with van der Waals surface area (Å²) in [4.78, 5) is 34.3. The molecule has 1 aliphatic rings. The van der Waals surface area contributed by atoms with Crippen LogP contribution in [0.5, 0.6) is 0 Å². The predicted molar refractivity (Wildman–Crippen MR) is 89.9 cm³/mol. The quantitative estimate of drug-likeness (QED) is 0.294. The van der Waals surface area contributed by atoms with Crippen molar-refractivity contribution in [3.8, 4) is 0 Å². The van der Waals surface area contributed by atoms with Gasteiger partial charge in [-0.25, -0.2) is 4.79 Å². The maximum absolute atomic E-state index is 11.7. The Labute approximate surface area is 158 Å². The van der Waals surface area contributed by atoms with Crippen molar-refractivity contribution in [2.75, 3.05) is 33.7 Å². The molecule has 156 valence electrons. The number of methoxy groups -OCH3 is 1. The van der Waals surface area contributed by atoms with Crippen molar-refractivity contribution in [3.05, 3.63) is 0 Å². The Morgan fingerprint density at radius 1 is 1.30 bits per heavy atom. The summed E-state index contributed by atoms with van der Waals surface area (Å²) in [6, 6.07) is 0. The maximum atomic E-state index is 11.7. The zero-order valence-corrected chi connectivity index (χ0v) is 16.3. The summed E-state index contributed by atoms with van der Waals surface area (Å²) in [5, 5.41) is 9.39. The van der Waals surface area contributed by atoms with Crippen molar-refractivity contribution in [1.29, 1.82) is 0 Å². The third-order valence-electron chi connectivity index (χ3n) is 4.36. The molecule has 0 aromatic rings. The fraction of sp³-hybridized carbons (Fsp3) is 0.824. The van der Waals surface area contributed by atoms with E-state index < -0.39 is 47.7 Å². The standard InChI is InChI=1S/C17H28O10/c1-10(13(11(2)15(19)20)25-9-23-7-6-22-5)14-17(4,8-24-12(3)18)27-16(21)26-14/h10-11,13-14H,6-9H2,1-5H3,(H,19,20)/t10-,11+,13-,14+,17+/m0/s1. The Morgan fingerprint density at radius 3 is 2.52 bits per heavy atom. The molecular formula is C17H28O10. The number of carboxylic acids is 1. The van der Waals surface area contributed by atoms with Crippen molar-refractivity contribution in [2.45, 2.75) is 45.5 Å². The molecule has 0 aromatic heterocycles. The molecule has 0 amide bonds. The van der Waals surface area contributed by atoms with E-state index in [2.05, 4.69) is 0 Å². The highest BCUT2D eigenvalue weighted by Gasteiger charge is 2.54. The molecule has 10 heteroatoms. The van der Waals surface area contributed by atoms with Crippen LogP contribution in [0.2, 0.25) is 0 Å². The minimum Gasteiger partial charge on any atom is -0.481 e. The third-order valence-corrected chi connectivity index (χ3v) is 4.36. The first-order chi connectivity index (χ1) is 12.6. The van der Waals surface area contributed by atoms with Gasteiger partial charge in [-0.05, 0) is 13.8 Å². The fourth-order valence-corrected chi connectivity index (χ4v) is 2.91. The largest absolute Gasteiger partial charge is 0.509 e. The van der Waals surface area contributed by atoms with Crippen LogP contribution in [0, 0.1) is 11.8 Å². The molecule has 0 spiro atoms. The predicted octanol–water partition coefficient (Wildman–Crippen LogP) is 1.21. The van der Waals surface area contributed by atoms with Gasteiger partial charge in [0.15, 0.2) is 11.7 Å². The van der Waals surface area contributed by atoms with Crippen LogP contribution in [0.1, 0.15) is 27.7 Å². The van der Waals surface area contributed by atoms with Gasteiger partial charge in [0.1, 0.15) is 13.4 Å². The van der Waals surface area contributed by atoms with E-state index in [0.717, 1.165) is 0 Å². The van der Waals surface area contributed by atoms with Crippen LogP contribution < -0.4 is 0 Å². The van der Waals surface area contributed by atoms with Gasteiger partial charge in [0, 0.05) is 20.0 Å². The highest BCUT2D eigenvalue weighted by molar-refractivity contribution is 5.70. The average molecular weight is 392 g/mol. The van der Waals surface area contributed by atoms with Gasteiger partial charge in [-0.15, -0.1) is 0 Å². The average Bonchev–Trinajstić information content (AvgIpc) is 2.90. The summed E-state index contributed by atoms with van der Waals surface area (Å²) < 4.78 is 31.1. The molecule has 0 saturated carbocycles. The number of carbonyl (C=O) groups excluding carboxylic acids is 2. The summed E-state index contributed by atoms with van der Waals surface area (Å²) in [5.74, 6) is -3.11. The van der Waals surface area contributed by atoms with Crippen LogP contribution in [-0.4, -0.2) is 74.7 Å². The monoisotopic (exact) mass is 392 g/mol. The van der Waals surface area contributed by atoms with E-state index in [1.807, 2.05) is 0 Å². The van der Waals surface area contributed by atoms with Crippen LogP contribution in [0.3, 0.4) is 0 Å². The Balaban J connectivity index is 2.89. The summed E-state index contributed by atoms with van der Waals surface area (Å²) >= 11 is 0. The lowest BCUT2D eigenvalue weighted by Gasteiger charge is -2.35. The van der Waals surface area contributed by atoms with E-state index in [4.69, 9.17) is 28.4 Å². The van der Waals surface area contributed by atoms with Crippen LogP contribution in [0.25, 0.3) is 0 Å². The van der Waals surface area contributed by atoms with E-state index in [1.54, 1.807) is 13.8 Å². The molecule has 0 aromatic carbocycles. The molecule has 1 saturated heterocycles. The zero-order valence-electron chi connectivity index (χ0n) is 16.3. The molecule has 1 N–H and O–H groups in total. The number of rotatable bonds is 12. The third kappa shape index (κ3) is 6.64. The summed E-state index contributed by atoms with van der Waals surface area (Å²) in [6.07, 6.45) is -2.64. The molecule has 0 radical (unpaired) electrons. The summed E-state index contributed by atoms with van der Waals surface area (Å²) in [6.45, 7) is 6.23. The molecule has 1 fully saturated rings. The first kappa shape index (κ1) is 23.1. The molecule has 27 heavy (non-hydrogen) atoms. The highest BCUT2D eigenvalue weighted by atomic mass is 16.8. The first-order valence-corrected chi connectivity index (χ1v) is 8.56. The normalized spacial score (nSPS) is 25.2. The number of esters is 1. The van der Waals surface area contributed by atoms with Crippen LogP contribution in [-0.2, 0) is 38.0 Å². The SMILES string of the molecule is COCCOCO[C@@H]([C@H](C)[C@H]1OC(=O)O[C@]1(C)COC(C)=O)[C@@H](C)C(=O)O. The minimum atomic E-state index is -1.26. The number of carboxylic acid groups (broad SMARTS) is 1. The summed E-state index contributed by atoms with van der Waals surface area (Å²) in [7, 11) is 1.53. The molecular weight excluding hydrogens is 364 g/mol. The van der Waals surface area contributed by atoms with E-state index >= 15 is 0 Å². The second-order valence-electron chi connectivity index (χ2n) is 6.62. The van der Waals surface area contributed by atoms with Crippen molar-refractivity contribution >= 4 is 18.1 Å². The van der Waals surface area contributed by atoms with Crippen LogP contribution >= 0.6 is 0 Å². The lowest BCUT2D eigenvalue weighted by molar-refractivity contribution is -0.169. The van der Waals surface area contributed by atoms with Gasteiger partial charge < -0.3 is 33.5 Å². The molecule has 0 aliphatic carbocycles. The first-order valence-electron chi connectivity index (χ1n) is 8.56. The topological polar surface area (TPSA) is 127 Å². The number of hydrogen-bond acceptors (Lipinski definition) is 9. The van der Waals surface area contributed by atoms with Crippen molar-refractivity contribution in [1.82, 2.24) is 0 Å². The van der Waals surface area contributed by atoms with Crippen LogP contribution in [0.15, 0.2) is 0 Å². The number of carbonyl (C=O) groups is 3. The minimum absolute atomic E-state index is 0.155. The van der Waals surface area contributed by atoms with Crippen LogP contribution in [0.4, 0.5) is 4.79 Å². The van der Waals surface area contributed by atoms with E-state index in [1.165, 1.54) is 21.0 Å². The van der Waals surface area contributed by atoms with Gasteiger partial charge in [-0.3, -0.25) is 9.59 Å². The lowest BCUT2D eigenvalue weighted by Crippen LogP contribution is -2.50. The Morgan fingerprint density at radius 2 is 1.96 bits per heavy atom.